The van der Waals surface area contributed by atoms with E-state index in [1.165, 1.54) is 12.1 Å². The van der Waals surface area contributed by atoms with E-state index in [2.05, 4.69) is 20.5 Å². The van der Waals surface area contributed by atoms with Crippen molar-refractivity contribution in [1.82, 2.24) is 15.2 Å². The SMILES string of the molecule is Oc1ccc(-c2cnc(Nc3ccc4[nH]ncc4c3)o2)cc1O. The van der Waals surface area contributed by atoms with Gasteiger partial charge in [0.1, 0.15) is 0 Å². The maximum absolute atomic E-state index is 9.55. The van der Waals surface area contributed by atoms with Gasteiger partial charge in [-0.3, -0.25) is 5.10 Å². The van der Waals surface area contributed by atoms with Gasteiger partial charge in [0.05, 0.1) is 17.9 Å². The zero-order chi connectivity index (χ0) is 15.8. The van der Waals surface area contributed by atoms with Crippen molar-refractivity contribution in [2.75, 3.05) is 5.32 Å². The van der Waals surface area contributed by atoms with E-state index in [4.69, 9.17) is 4.42 Å². The molecule has 0 fully saturated rings. The summed E-state index contributed by atoms with van der Waals surface area (Å²) in [6, 6.07) is 10.5. The Balaban J connectivity index is 1.60. The van der Waals surface area contributed by atoms with Crippen LogP contribution in [0.15, 0.2) is 53.2 Å². The number of phenolic OH excluding ortho intramolecular Hbond substituents is 2. The van der Waals surface area contributed by atoms with Crippen molar-refractivity contribution >= 4 is 22.6 Å². The Kier molecular flexibility index (Phi) is 2.90. The molecule has 23 heavy (non-hydrogen) atoms. The van der Waals surface area contributed by atoms with Crippen LogP contribution in [0.5, 0.6) is 11.5 Å². The van der Waals surface area contributed by atoms with E-state index < -0.39 is 0 Å². The van der Waals surface area contributed by atoms with Gasteiger partial charge in [0.25, 0.3) is 6.01 Å². The lowest BCUT2D eigenvalue weighted by Gasteiger charge is -2.02. The molecule has 2 aromatic carbocycles. The van der Waals surface area contributed by atoms with Crippen molar-refractivity contribution in [3.05, 3.63) is 48.8 Å². The summed E-state index contributed by atoms with van der Waals surface area (Å²) >= 11 is 0. The molecule has 0 saturated heterocycles. The van der Waals surface area contributed by atoms with Gasteiger partial charge in [0, 0.05) is 16.6 Å². The number of fused-ring (bicyclic) bond motifs is 1. The molecule has 0 amide bonds. The van der Waals surface area contributed by atoms with Gasteiger partial charge in [-0.15, -0.1) is 0 Å². The number of hydrogen-bond acceptors (Lipinski definition) is 6. The molecule has 2 heterocycles. The number of oxazole rings is 1. The van der Waals surface area contributed by atoms with Gasteiger partial charge < -0.3 is 19.9 Å². The number of rotatable bonds is 3. The molecule has 4 N–H and O–H groups in total. The zero-order valence-corrected chi connectivity index (χ0v) is 11.8. The molecule has 0 unspecified atom stereocenters. The second-order valence-corrected chi connectivity index (χ2v) is 5.03. The number of phenols is 2. The minimum Gasteiger partial charge on any atom is -0.504 e. The average molecular weight is 308 g/mol. The Bertz CT molecular complexity index is 990. The highest BCUT2D eigenvalue weighted by Gasteiger charge is 2.09. The normalized spacial score (nSPS) is 11.0. The highest BCUT2D eigenvalue weighted by molar-refractivity contribution is 5.82. The van der Waals surface area contributed by atoms with Crippen molar-refractivity contribution < 1.29 is 14.6 Å². The van der Waals surface area contributed by atoms with Crippen LogP contribution in [0.1, 0.15) is 0 Å². The summed E-state index contributed by atoms with van der Waals surface area (Å²) in [5.41, 5.74) is 2.38. The molecule has 7 nitrogen and oxygen atoms in total. The molecule has 0 saturated carbocycles. The summed E-state index contributed by atoms with van der Waals surface area (Å²) in [7, 11) is 0. The van der Waals surface area contributed by atoms with E-state index in [1.54, 1.807) is 18.5 Å². The number of nitrogens with zero attached hydrogens (tertiary/aromatic N) is 2. The number of anilines is 2. The Hall–Kier alpha value is -3.48. The molecule has 0 spiro atoms. The topological polar surface area (TPSA) is 107 Å². The fourth-order valence-corrected chi connectivity index (χ4v) is 2.29. The lowest BCUT2D eigenvalue weighted by Crippen LogP contribution is -1.89. The number of H-pyrrole nitrogens is 1. The van der Waals surface area contributed by atoms with Crippen molar-refractivity contribution in [3.63, 3.8) is 0 Å². The van der Waals surface area contributed by atoms with E-state index in [0.717, 1.165) is 16.6 Å². The van der Waals surface area contributed by atoms with Gasteiger partial charge in [0.2, 0.25) is 0 Å². The molecule has 4 aromatic rings. The number of nitrogens with one attached hydrogen (secondary N) is 2. The highest BCUT2D eigenvalue weighted by atomic mass is 16.4. The first kappa shape index (κ1) is 13.2. The van der Waals surface area contributed by atoms with Crippen LogP contribution in [-0.4, -0.2) is 25.4 Å². The molecule has 0 atom stereocenters. The van der Waals surface area contributed by atoms with Crippen LogP contribution in [0.2, 0.25) is 0 Å². The van der Waals surface area contributed by atoms with Gasteiger partial charge in [-0.05, 0) is 36.4 Å². The first-order valence-corrected chi connectivity index (χ1v) is 6.87. The Morgan fingerprint density at radius 3 is 2.78 bits per heavy atom. The quantitative estimate of drug-likeness (QED) is 0.432. The van der Waals surface area contributed by atoms with E-state index in [1.807, 2.05) is 18.2 Å². The van der Waals surface area contributed by atoms with Crippen molar-refractivity contribution in [2.45, 2.75) is 0 Å². The average Bonchev–Trinajstić information content (AvgIpc) is 3.19. The molecule has 0 aliphatic rings. The van der Waals surface area contributed by atoms with Gasteiger partial charge >= 0.3 is 0 Å². The summed E-state index contributed by atoms with van der Waals surface area (Å²) in [5.74, 6) is 0.0889. The largest absolute Gasteiger partial charge is 0.504 e. The smallest absolute Gasteiger partial charge is 0.299 e. The predicted molar refractivity (Wildman–Crippen MR) is 84.6 cm³/mol. The first-order valence-electron chi connectivity index (χ1n) is 6.87. The van der Waals surface area contributed by atoms with Crippen molar-refractivity contribution in [2.24, 2.45) is 0 Å². The highest BCUT2D eigenvalue weighted by Crippen LogP contribution is 2.32. The third kappa shape index (κ3) is 2.44. The molecule has 0 bridgehead atoms. The lowest BCUT2D eigenvalue weighted by atomic mass is 10.1. The third-order valence-electron chi connectivity index (χ3n) is 3.46. The van der Waals surface area contributed by atoms with E-state index in [0.29, 0.717) is 17.3 Å². The molecule has 4 rings (SSSR count). The van der Waals surface area contributed by atoms with E-state index >= 15 is 0 Å². The number of benzene rings is 2. The number of aromatic amines is 1. The Morgan fingerprint density at radius 1 is 1.00 bits per heavy atom. The molecular weight excluding hydrogens is 296 g/mol. The second kappa shape index (κ2) is 5.06. The summed E-state index contributed by atoms with van der Waals surface area (Å²) in [4.78, 5) is 4.16. The predicted octanol–water partition coefficient (Wildman–Crippen LogP) is 3.37. The monoisotopic (exact) mass is 308 g/mol. The van der Waals surface area contributed by atoms with Crippen molar-refractivity contribution in [3.8, 4) is 22.8 Å². The summed E-state index contributed by atoms with van der Waals surface area (Å²) in [6.07, 6.45) is 3.28. The van der Waals surface area contributed by atoms with Crippen LogP contribution in [0.3, 0.4) is 0 Å². The van der Waals surface area contributed by atoms with Crippen LogP contribution >= 0.6 is 0 Å². The number of aromatic hydroxyl groups is 2. The molecule has 2 aromatic heterocycles. The zero-order valence-electron chi connectivity index (χ0n) is 11.8. The van der Waals surface area contributed by atoms with E-state index in [-0.39, 0.29) is 11.5 Å². The van der Waals surface area contributed by atoms with Gasteiger partial charge in [-0.1, -0.05) is 0 Å². The maximum atomic E-state index is 9.55. The number of aromatic nitrogens is 3. The molecule has 0 aliphatic heterocycles. The lowest BCUT2D eigenvalue weighted by molar-refractivity contribution is 0.404. The van der Waals surface area contributed by atoms with Gasteiger partial charge in [-0.2, -0.15) is 5.10 Å². The molecule has 0 aliphatic carbocycles. The minimum atomic E-state index is -0.209. The fourth-order valence-electron chi connectivity index (χ4n) is 2.29. The standard InChI is InChI=1S/C16H12N4O3/c21-13-4-1-9(6-14(13)22)15-8-17-16(23-15)19-11-2-3-12-10(5-11)7-18-20-12/h1-8,21-22H,(H,17,19)(H,18,20). The Morgan fingerprint density at radius 2 is 1.91 bits per heavy atom. The summed E-state index contributed by atoms with van der Waals surface area (Å²) in [5, 5.41) is 29.8. The minimum absolute atomic E-state index is 0.181. The molecule has 0 radical (unpaired) electrons. The second-order valence-electron chi connectivity index (χ2n) is 5.03. The summed E-state index contributed by atoms with van der Waals surface area (Å²) in [6.45, 7) is 0. The molecular formula is C16H12N4O3. The number of hydrogen-bond donors (Lipinski definition) is 4. The van der Waals surface area contributed by atoms with Crippen LogP contribution in [-0.2, 0) is 0 Å². The fraction of sp³-hybridized carbons (Fsp3) is 0. The van der Waals surface area contributed by atoms with Crippen LogP contribution in [0.25, 0.3) is 22.2 Å². The van der Waals surface area contributed by atoms with Gasteiger partial charge in [0.15, 0.2) is 17.3 Å². The molecule has 114 valence electrons. The maximum Gasteiger partial charge on any atom is 0.299 e. The van der Waals surface area contributed by atoms with E-state index in [9.17, 15) is 10.2 Å². The van der Waals surface area contributed by atoms with Crippen LogP contribution < -0.4 is 5.32 Å². The van der Waals surface area contributed by atoms with Crippen LogP contribution in [0, 0.1) is 0 Å². The third-order valence-corrected chi connectivity index (χ3v) is 3.46. The first-order chi connectivity index (χ1) is 11.2. The van der Waals surface area contributed by atoms with Gasteiger partial charge in [-0.25, -0.2) is 4.98 Å². The Labute approximate surface area is 130 Å². The van der Waals surface area contributed by atoms with Crippen LogP contribution in [0.4, 0.5) is 11.7 Å². The molecule has 7 heteroatoms. The summed E-state index contributed by atoms with van der Waals surface area (Å²) < 4.78 is 5.62. The van der Waals surface area contributed by atoms with Crippen molar-refractivity contribution in [1.29, 1.82) is 0 Å².